The first kappa shape index (κ1) is 22.1. The number of rotatable bonds is 6. The van der Waals surface area contributed by atoms with Crippen molar-refractivity contribution in [1.29, 1.82) is 0 Å². The van der Waals surface area contributed by atoms with Crippen LogP contribution in [0.15, 0.2) is 36.9 Å². The van der Waals surface area contributed by atoms with Gasteiger partial charge < -0.3 is 9.47 Å². The van der Waals surface area contributed by atoms with Crippen LogP contribution in [-0.2, 0) is 4.79 Å². The van der Waals surface area contributed by atoms with Crippen molar-refractivity contribution in [2.45, 2.75) is 44.9 Å². The maximum Gasteiger partial charge on any atom is 0.573 e. The van der Waals surface area contributed by atoms with Crippen molar-refractivity contribution in [2.75, 3.05) is 0 Å². The van der Waals surface area contributed by atoms with Gasteiger partial charge in [-0.15, -0.1) is 19.8 Å². The number of allylic oxidation sites excluding steroid dienone is 1. The summed E-state index contributed by atoms with van der Waals surface area (Å²) in [5.74, 6) is -4.53. The van der Waals surface area contributed by atoms with E-state index in [9.17, 15) is 26.7 Å². The van der Waals surface area contributed by atoms with Gasteiger partial charge in [0.15, 0.2) is 11.6 Å². The second kappa shape index (κ2) is 9.02. The minimum Gasteiger partial charge on any atom is -0.426 e. The molecule has 0 amide bonds. The van der Waals surface area contributed by atoms with Crippen molar-refractivity contribution in [3.63, 3.8) is 0 Å². The Balaban J connectivity index is 1.71. The molecule has 3 rings (SSSR count). The van der Waals surface area contributed by atoms with Gasteiger partial charge in [0.1, 0.15) is 5.75 Å². The summed E-state index contributed by atoms with van der Waals surface area (Å²) in [6.45, 7) is 3.71. The summed E-state index contributed by atoms with van der Waals surface area (Å²) in [4.78, 5) is 12.4. The summed E-state index contributed by atoms with van der Waals surface area (Å²) in [5.41, 5.74) is 0. The molecule has 0 unspecified atom stereocenters. The summed E-state index contributed by atoms with van der Waals surface area (Å²) < 4.78 is 74.1. The molecule has 0 atom stereocenters. The third kappa shape index (κ3) is 5.29. The lowest BCUT2D eigenvalue weighted by atomic mass is 9.80. The van der Waals surface area contributed by atoms with Gasteiger partial charge in [0, 0.05) is 5.39 Å². The van der Waals surface area contributed by atoms with Gasteiger partial charge in [0.05, 0.1) is 5.92 Å². The third-order valence-corrected chi connectivity index (χ3v) is 5.35. The van der Waals surface area contributed by atoms with Gasteiger partial charge in [-0.3, -0.25) is 4.79 Å². The molecule has 0 N–H and O–H groups in total. The average molecular weight is 428 g/mol. The first-order chi connectivity index (χ1) is 14.2. The van der Waals surface area contributed by atoms with E-state index < -0.39 is 29.7 Å². The normalized spacial score (nSPS) is 19.5. The van der Waals surface area contributed by atoms with Gasteiger partial charge in [0.2, 0.25) is 5.75 Å². The van der Waals surface area contributed by atoms with E-state index >= 15 is 0 Å². The van der Waals surface area contributed by atoms with E-state index in [1.54, 1.807) is 0 Å². The van der Waals surface area contributed by atoms with Crippen LogP contribution in [0, 0.1) is 23.5 Å². The van der Waals surface area contributed by atoms with Crippen molar-refractivity contribution in [3.05, 3.63) is 48.6 Å². The monoisotopic (exact) mass is 428 g/mol. The standard InChI is InChI=1S/C22H21F5O3/c1-2-3-4-13-5-7-14(8-6-13)21(28)29-16-9-10-17-15(11-16)12-18(23)20(19(17)24)30-22(25,26)27/h2,9-14H,1,3-8H2. The zero-order valence-corrected chi connectivity index (χ0v) is 16.1. The second-order valence-electron chi connectivity index (χ2n) is 7.44. The fraction of sp³-hybridized carbons (Fsp3) is 0.409. The Labute approximate surface area is 170 Å². The molecule has 0 saturated heterocycles. The summed E-state index contributed by atoms with van der Waals surface area (Å²) in [6, 6.07) is 4.31. The minimum absolute atomic E-state index is 0.0436. The number of carbonyl (C=O) groups is 1. The lowest BCUT2D eigenvalue weighted by molar-refractivity contribution is -0.276. The van der Waals surface area contributed by atoms with Gasteiger partial charge in [-0.1, -0.05) is 6.08 Å². The number of carbonyl (C=O) groups excluding carboxylic acids is 1. The van der Waals surface area contributed by atoms with Crippen LogP contribution in [-0.4, -0.2) is 12.3 Å². The number of hydrogen-bond acceptors (Lipinski definition) is 3. The average Bonchev–Trinajstić information content (AvgIpc) is 2.69. The Bertz CT molecular complexity index is 930. The molecule has 0 radical (unpaired) electrons. The first-order valence-electron chi connectivity index (χ1n) is 9.68. The molecule has 1 saturated carbocycles. The Hall–Kier alpha value is -2.64. The predicted octanol–water partition coefficient (Wildman–Crippen LogP) is 6.69. The molecule has 0 bridgehead atoms. The molecule has 2 aromatic rings. The van der Waals surface area contributed by atoms with Crippen molar-refractivity contribution in [3.8, 4) is 11.5 Å². The van der Waals surface area contributed by atoms with E-state index in [-0.39, 0.29) is 22.4 Å². The molecule has 3 nitrogen and oxygen atoms in total. The zero-order chi connectivity index (χ0) is 21.9. The Kier molecular flexibility index (Phi) is 6.63. The van der Waals surface area contributed by atoms with Crippen molar-refractivity contribution >= 4 is 16.7 Å². The van der Waals surface area contributed by atoms with Gasteiger partial charge in [-0.25, -0.2) is 8.78 Å². The molecule has 2 aromatic carbocycles. The summed E-state index contributed by atoms with van der Waals surface area (Å²) in [7, 11) is 0. The number of benzene rings is 2. The smallest absolute Gasteiger partial charge is 0.426 e. The highest BCUT2D eigenvalue weighted by atomic mass is 19.4. The van der Waals surface area contributed by atoms with E-state index in [1.807, 2.05) is 6.08 Å². The van der Waals surface area contributed by atoms with Crippen molar-refractivity contribution in [2.24, 2.45) is 11.8 Å². The largest absolute Gasteiger partial charge is 0.573 e. The van der Waals surface area contributed by atoms with E-state index in [2.05, 4.69) is 11.3 Å². The van der Waals surface area contributed by atoms with Gasteiger partial charge in [0.25, 0.3) is 0 Å². The van der Waals surface area contributed by atoms with Crippen LogP contribution < -0.4 is 9.47 Å². The lowest BCUT2D eigenvalue weighted by Crippen LogP contribution is -2.25. The van der Waals surface area contributed by atoms with Crippen LogP contribution in [0.1, 0.15) is 38.5 Å². The number of alkyl halides is 3. The predicted molar refractivity (Wildman–Crippen MR) is 101 cm³/mol. The third-order valence-electron chi connectivity index (χ3n) is 5.35. The highest BCUT2D eigenvalue weighted by molar-refractivity contribution is 5.87. The molecule has 8 heteroatoms. The minimum atomic E-state index is -5.23. The number of hydrogen-bond donors (Lipinski definition) is 0. The van der Waals surface area contributed by atoms with Crippen LogP contribution in [0.3, 0.4) is 0 Å². The molecule has 162 valence electrons. The maximum atomic E-state index is 14.3. The highest BCUT2D eigenvalue weighted by Gasteiger charge is 2.34. The zero-order valence-electron chi connectivity index (χ0n) is 16.1. The molecule has 0 heterocycles. The Morgan fingerprint density at radius 2 is 1.83 bits per heavy atom. The lowest BCUT2D eigenvalue weighted by Gasteiger charge is -2.26. The van der Waals surface area contributed by atoms with E-state index in [0.29, 0.717) is 24.8 Å². The number of esters is 1. The molecular formula is C22H21F5O3. The van der Waals surface area contributed by atoms with E-state index in [0.717, 1.165) is 31.7 Å². The molecule has 0 aliphatic heterocycles. The fourth-order valence-corrected chi connectivity index (χ4v) is 3.80. The number of fused-ring (bicyclic) bond motifs is 1. The van der Waals surface area contributed by atoms with Crippen molar-refractivity contribution in [1.82, 2.24) is 0 Å². The molecule has 1 aliphatic rings. The Morgan fingerprint density at radius 3 is 2.47 bits per heavy atom. The topological polar surface area (TPSA) is 35.5 Å². The molecule has 0 aromatic heterocycles. The van der Waals surface area contributed by atoms with Gasteiger partial charge in [-0.2, -0.15) is 0 Å². The molecule has 0 spiro atoms. The first-order valence-corrected chi connectivity index (χ1v) is 9.68. The molecule has 1 fully saturated rings. The Morgan fingerprint density at radius 1 is 1.13 bits per heavy atom. The van der Waals surface area contributed by atoms with Crippen LogP contribution in [0.2, 0.25) is 0 Å². The van der Waals surface area contributed by atoms with Crippen molar-refractivity contribution < 1.29 is 36.2 Å². The SMILES string of the molecule is C=CCCC1CCC(C(=O)Oc2ccc3c(F)c(OC(F)(F)F)c(F)cc3c2)CC1. The van der Waals surface area contributed by atoms with E-state index in [4.69, 9.17) is 4.74 Å². The van der Waals surface area contributed by atoms with Crippen LogP contribution >= 0.6 is 0 Å². The quantitative estimate of drug-likeness (QED) is 0.222. The summed E-state index contributed by atoms with van der Waals surface area (Å²) in [5, 5.41) is -0.323. The van der Waals surface area contributed by atoms with Crippen LogP contribution in [0.25, 0.3) is 10.8 Å². The highest BCUT2D eigenvalue weighted by Crippen LogP contribution is 2.36. The van der Waals surface area contributed by atoms with Gasteiger partial charge >= 0.3 is 12.3 Å². The number of halogens is 5. The molecule has 30 heavy (non-hydrogen) atoms. The molecule has 1 aliphatic carbocycles. The van der Waals surface area contributed by atoms with E-state index in [1.165, 1.54) is 12.1 Å². The number of ether oxygens (including phenoxy) is 2. The molecular weight excluding hydrogens is 407 g/mol. The van der Waals surface area contributed by atoms with Crippen LogP contribution in [0.5, 0.6) is 11.5 Å². The fourth-order valence-electron chi connectivity index (χ4n) is 3.80. The van der Waals surface area contributed by atoms with Gasteiger partial charge in [-0.05, 0) is 74.1 Å². The summed E-state index contributed by atoms with van der Waals surface area (Å²) in [6.07, 6.45) is 1.89. The van der Waals surface area contributed by atoms with Crippen LogP contribution in [0.4, 0.5) is 22.0 Å². The second-order valence-corrected chi connectivity index (χ2v) is 7.44. The summed E-state index contributed by atoms with van der Waals surface area (Å²) >= 11 is 0. The maximum absolute atomic E-state index is 14.3.